The van der Waals surface area contributed by atoms with Crippen LogP contribution in [0.3, 0.4) is 0 Å². The first-order chi connectivity index (χ1) is 13.1. The van der Waals surface area contributed by atoms with Crippen molar-refractivity contribution in [3.8, 4) is 0 Å². The maximum absolute atomic E-state index is 13.3. The molecule has 0 saturated carbocycles. The van der Waals surface area contributed by atoms with Crippen LogP contribution in [0.4, 0.5) is 15.8 Å². The Hall–Kier alpha value is -2.69. The zero-order valence-electron chi connectivity index (χ0n) is 14.1. The molecule has 1 aliphatic heterocycles. The highest BCUT2D eigenvalue weighted by Gasteiger charge is 2.17. The Morgan fingerprint density at radius 2 is 1.56 bits per heavy atom. The summed E-state index contributed by atoms with van der Waals surface area (Å²) < 4.78 is 13.3. The van der Waals surface area contributed by atoms with Crippen LogP contribution in [0.25, 0.3) is 0 Å². The molecule has 0 fully saturated rings. The summed E-state index contributed by atoms with van der Waals surface area (Å²) in [6.07, 6.45) is 0. The van der Waals surface area contributed by atoms with Crippen LogP contribution in [-0.2, 0) is 0 Å². The van der Waals surface area contributed by atoms with Gasteiger partial charge >= 0.3 is 0 Å². The van der Waals surface area contributed by atoms with E-state index >= 15 is 0 Å². The third-order valence-corrected chi connectivity index (χ3v) is 4.59. The first-order valence-corrected chi connectivity index (χ1v) is 9.04. The quantitative estimate of drug-likeness (QED) is 0.554. The summed E-state index contributed by atoms with van der Waals surface area (Å²) in [7, 11) is 0. The van der Waals surface area contributed by atoms with Crippen LogP contribution in [-0.4, -0.2) is 18.1 Å². The monoisotopic (exact) mass is 397 g/mol. The van der Waals surface area contributed by atoms with Gasteiger partial charge in [0, 0.05) is 26.9 Å². The second-order valence-corrected chi connectivity index (χ2v) is 6.90. The lowest BCUT2D eigenvalue weighted by atomic mass is 10.0. The van der Waals surface area contributed by atoms with Gasteiger partial charge in [0.2, 0.25) is 0 Å². The van der Waals surface area contributed by atoms with E-state index in [-0.39, 0.29) is 5.82 Å². The molecular weight excluding hydrogens is 384 g/mol. The van der Waals surface area contributed by atoms with Crippen molar-refractivity contribution in [2.45, 2.75) is 0 Å². The molecular formula is C21H14Cl2FN3. The van der Waals surface area contributed by atoms with Gasteiger partial charge in [-0.15, -0.1) is 0 Å². The van der Waals surface area contributed by atoms with Crippen molar-refractivity contribution >= 4 is 46.1 Å². The van der Waals surface area contributed by atoms with Crippen LogP contribution in [0.1, 0.15) is 11.1 Å². The van der Waals surface area contributed by atoms with E-state index in [4.69, 9.17) is 33.2 Å². The Morgan fingerprint density at radius 3 is 2.30 bits per heavy atom. The molecule has 0 atom stereocenters. The normalized spacial score (nSPS) is 13.3. The van der Waals surface area contributed by atoms with E-state index in [0.717, 1.165) is 28.2 Å². The fourth-order valence-electron chi connectivity index (χ4n) is 2.84. The number of aliphatic imine (C=N–C) groups is 2. The van der Waals surface area contributed by atoms with Gasteiger partial charge in [0.05, 0.1) is 17.9 Å². The Balaban J connectivity index is 1.75. The van der Waals surface area contributed by atoms with Gasteiger partial charge in [0.1, 0.15) is 11.7 Å². The van der Waals surface area contributed by atoms with Crippen molar-refractivity contribution in [2.24, 2.45) is 9.98 Å². The molecule has 27 heavy (non-hydrogen) atoms. The summed E-state index contributed by atoms with van der Waals surface area (Å²) in [5.41, 5.74) is 3.96. The number of benzene rings is 3. The van der Waals surface area contributed by atoms with Crippen LogP contribution >= 0.6 is 23.2 Å². The molecule has 3 aromatic carbocycles. The number of nitrogens with zero attached hydrogens (tertiary/aromatic N) is 2. The summed E-state index contributed by atoms with van der Waals surface area (Å²) >= 11 is 12.1. The summed E-state index contributed by atoms with van der Waals surface area (Å²) in [6.45, 7) is 0.349. The van der Waals surface area contributed by atoms with Gasteiger partial charge in [-0.3, -0.25) is 4.99 Å². The molecule has 4 rings (SSSR count). The second-order valence-electron chi connectivity index (χ2n) is 6.02. The first kappa shape index (κ1) is 17.7. The van der Waals surface area contributed by atoms with E-state index in [1.165, 1.54) is 12.1 Å². The molecule has 0 aliphatic carbocycles. The van der Waals surface area contributed by atoms with E-state index in [1.54, 1.807) is 18.2 Å². The number of halogens is 3. The van der Waals surface area contributed by atoms with Crippen molar-refractivity contribution in [3.63, 3.8) is 0 Å². The lowest BCUT2D eigenvalue weighted by molar-refractivity contribution is 0.628. The highest BCUT2D eigenvalue weighted by atomic mass is 35.5. The minimum atomic E-state index is -0.291. The van der Waals surface area contributed by atoms with Crippen LogP contribution in [0.5, 0.6) is 0 Å². The molecule has 1 aliphatic rings. The average Bonchev–Trinajstić information content (AvgIpc) is 2.83. The molecule has 3 aromatic rings. The van der Waals surface area contributed by atoms with Gasteiger partial charge in [-0.05, 0) is 66.7 Å². The maximum Gasteiger partial charge on any atom is 0.128 e. The Bertz CT molecular complexity index is 1040. The SMILES string of the molecule is Fc1ccc(C2=NCC(Nc3ccc(Cl)cc3)=Nc3ccc(Cl)cc32)cc1. The van der Waals surface area contributed by atoms with Gasteiger partial charge in [-0.25, -0.2) is 9.38 Å². The largest absolute Gasteiger partial charge is 0.342 e. The molecule has 3 nitrogen and oxygen atoms in total. The van der Waals surface area contributed by atoms with Crippen LogP contribution < -0.4 is 5.32 Å². The molecule has 0 saturated heterocycles. The Morgan fingerprint density at radius 1 is 0.852 bits per heavy atom. The topological polar surface area (TPSA) is 36.8 Å². The molecule has 0 spiro atoms. The molecule has 6 heteroatoms. The Kier molecular flexibility index (Phi) is 4.92. The third-order valence-electron chi connectivity index (χ3n) is 4.11. The van der Waals surface area contributed by atoms with Crippen LogP contribution in [0.15, 0.2) is 76.7 Å². The number of amidine groups is 1. The number of anilines is 1. The van der Waals surface area contributed by atoms with Gasteiger partial charge in [-0.2, -0.15) is 0 Å². The predicted octanol–water partition coefficient (Wildman–Crippen LogP) is 6.13. The summed E-state index contributed by atoms with van der Waals surface area (Å²) in [5.74, 6) is 0.402. The molecule has 1 N–H and O–H groups in total. The molecule has 0 unspecified atom stereocenters. The van der Waals surface area contributed by atoms with Crippen molar-refractivity contribution in [1.82, 2.24) is 0 Å². The molecule has 0 radical (unpaired) electrons. The highest BCUT2D eigenvalue weighted by molar-refractivity contribution is 6.32. The standard InChI is InChI=1S/C21H14Cl2FN3/c22-14-3-8-17(9-4-14)26-20-12-25-21(13-1-6-16(24)7-2-13)18-11-15(23)5-10-19(18)27-20/h1-11H,12H2,(H,26,27). The van der Waals surface area contributed by atoms with E-state index in [0.29, 0.717) is 22.4 Å². The number of rotatable bonds is 2. The zero-order chi connectivity index (χ0) is 18.8. The summed E-state index contributed by atoms with van der Waals surface area (Å²) in [6, 6.07) is 19.1. The number of nitrogens with one attached hydrogen (secondary N) is 1. The number of hydrogen-bond acceptors (Lipinski definition) is 3. The van der Waals surface area contributed by atoms with E-state index in [1.807, 2.05) is 36.4 Å². The van der Waals surface area contributed by atoms with Crippen molar-refractivity contribution in [3.05, 3.63) is 93.7 Å². The fourth-order valence-corrected chi connectivity index (χ4v) is 3.14. The second kappa shape index (κ2) is 7.51. The third kappa shape index (κ3) is 4.02. The van der Waals surface area contributed by atoms with E-state index < -0.39 is 0 Å². The first-order valence-electron chi connectivity index (χ1n) is 8.29. The molecule has 0 bridgehead atoms. The van der Waals surface area contributed by atoms with Crippen LogP contribution in [0.2, 0.25) is 10.0 Å². The Labute approximate surface area is 166 Å². The van der Waals surface area contributed by atoms with Crippen LogP contribution in [0, 0.1) is 5.82 Å². The lowest BCUT2D eigenvalue weighted by Gasteiger charge is -2.09. The van der Waals surface area contributed by atoms with E-state index in [2.05, 4.69) is 5.32 Å². The number of fused-ring (bicyclic) bond motifs is 1. The van der Waals surface area contributed by atoms with Crippen molar-refractivity contribution in [2.75, 3.05) is 11.9 Å². The van der Waals surface area contributed by atoms with Crippen molar-refractivity contribution in [1.29, 1.82) is 0 Å². The smallest absolute Gasteiger partial charge is 0.128 e. The molecule has 0 amide bonds. The van der Waals surface area contributed by atoms with Gasteiger partial charge in [-0.1, -0.05) is 23.2 Å². The number of hydrogen-bond donors (Lipinski definition) is 1. The van der Waals surface area contributed by atoms with Gasteiger partial charge < -0.3 is 5.32 Å². The molecule has 1 heterocycles. The maximum atomic E-state index is 13.3. The summed E-state index contributed by atoms with van der Waals surface area (Å²) in [4.78, 5) is 9.43. The predicted molar refractivity (Wildman–Crippen MR) is 111 cm³/mol. The lowest BCUT2D eigenvalue weighted by Crippen LogP contribution is -2.15. The molecule has 0 aromatic heterocycles. The minimum Gasteiger partial charge on any atom is -0.342 e. The van der Waals surface area contributed by atoms with Crippen molar-refractivity contribution < 1.29 is 4.39 Å². The van der Waals surface area contributed by atoms with Gasteiger partial charge in [0.15, 0.2) is 0 Å². The molecule has 134 valence electrons. The highest BCUT2D eigenvalue weighted by Crippen LogP contribution is 2.29. The summed E-state index contributed by atoms with van der Waals surface area (Å²) in [5, 5.41) is 4.53. The average molecular weight is 398 g/mol. The fraction of sp³-hybridized carbons (Fsp3) is 0.0476. The zero-order valence-corrected chi connectivity index (χ0v) is 15.6. The minimum absolute atomic E-state index is 0.291. The van der Waals surface area contributed by atoms with Gasteiger partial charge in [0.25, 0.3) is 0 Å². The van der Waals surface area contributed by atoms with E-state index in [9.17, 15) is 4.39 Å².